The number of aliphatic hydroxyl groups is 6. The molecule has 0 bridgehead atoms. The third-order valence-corrected chi connectivity index (χ3v) is 23.9. The maximum absolute atomic E-state index is 12.9. The molecule has 8 fully saturated rings. The summed E-state index contributed by atoms with van der Waals surface area (Å²) in [4.78, 5) is 11.2. The fourth-order valence-corrected chi connectivity index (χ4v) is 19.7. The molecule has 12 aliphatic rings. The van der Waals surface area contributed by atoms with Gasteiger partial charge < -0.3 is 49.6 Å². The molecule has 0 aromatic carbocycles. The maximum Gasteiger partial charge on any atom is 0.201 e. The van der Waals surface area contributed by atoms with Crippen molar-refractivity contribution in [3.63, 3.8) is 0 Å². The summed E-state index contributed by atoms with van der Waals surface area (Å²) in [6.07, 6.45) is 10.7. The van der Waals surface area contributed by atoms with Gasteiger partial charge >= 0.3 is 0 Å². The highest BCUT2D eigenvalue weighted by atomic mass is 16.7. The molecule has 67 heavy (non-hydrogen) atoms. The summed E-state index contributed by atoms with van der Waals surface area (Å²) in [6, 6.07) is 0. The molecule has 6 N–H and O–H groups in total. The van der Waals surface area contributed by atoms with Crippen molar-refractivity contribution < 1.29 is 49.6 Å². The van der Waals surface area contributed by atoms with Crippen LogP contribution in [0.25, 0.3) is 0 Å². The number of aromatic nitrogens is 2. The average Bonchev–Trinajstić information content (AvgIpc) is 4.01. The van der Waals surface area contributed by atoms with Gasteiger partial charge in [-0.1, -0.05) is 64.8 Å². The predicted molar refractivity (Wildman–Crippen MR) is 246 cm³/mol. The second-order valence-electron chi connectivity index (χ2n) is 26.7. The number of rotatable bonds is 2. The third kappa shape index (κ3) is 5.16. The van der Waals surface area contributed by atoms with E-state index in [0.717, 1.165) is 86.1 Å². The van der Waals surface area contributed by atoms with Crippen molar-refractivity contribution in [2.45, 2.75) is 198 Å². The van der Waals surface area contributed by atoms with Crippen molar-refractivity contribution >= 4 is 0 Å². The Morgan fingerprint density at radius 3 is 1.82 bits per heavy atom. The molecule has 0 radical (unpaired) electrons. The highest BCUT2D eigenvalue weighted by Gasteiger charge is 2.79. The van der Waals surface area contributed by atoms with E-state index in [1.165, 1.54) is 5.57 Å². The van der Waals surface area contributed by atoms with E-state index in [0.29, 0.717) is 30.6 Å². The molecule has 0 unspecified atom stereocenters. The zero-order valence-corrected chi connectivity index (χ0v) is 41.4. The van der Waals surface area contributed by atoms with Gasteiger partial charge in [0.25, 0.3) is 0 Å². The average molecular weight is 927 g/mol. The fourth-order valence-electron chi connectivity index (χ4n) is 19.7. The Balaban J connectivity index is 0.771. The van der Waals surface area contributed by atoms with Crippen LogP contribution in [-0.4, -0.2) is 113 Å². The summed E-state index contributed by atoms with van der Waals surface area (Å²) < 4.78 is 26.8. The number of ether oxygens (including phenoxy) is 4. The number of fused-ring (bicyclic) bond motifs is 16. The molecule has 4 saturated heterocycles. The molecule has 2 spiro atoms. The summed E-state index contributed by atoms with van der Waals surface area (Å²) in [6.45, 7) is 19.0. The lowest BCUT2D eigenvalue weighted by Gasteiger charge is -2.61. The van der Waals surface area contributed by atoms with Crippen LogP contribution in [0.1, 0.15) is 136 Å². The Hall–Kier alpha value is -1.84. The number of hydrogen-bond acceptors (Lipinski definition) is 12. The number of hydrogen-bond donors (Lipinski definition) is 6. The Bertz CT molecular complexity index is 2370. The Morgan fingerprint density at radius 1 is 0.672 bits per heavy atom. The zero-order valence-electron chi connectivity index (χ0n) is 41.4. The quantitative estimate of drug-likeness (QED) is 0.204. The maximum atomic E-state index is 12.9. The van der Waals surface area contributed by atoms with Gasteiger partial charge in [0.2, 0.25) is 5.79 Å². The minimum Gasteiger partial charge on any atom is -0.395 e. The number of aliphatic hydroxyl groups excluding tert-OH is 5. The molecule has 12 heteroatoms. The van der Waals surface area contributed by atoms with E-state index in [-0.39, 0.29) is 77.7 Å². The largest absolute Gasteiger partial charge is 0.395 e. The van der Waals surface area contributed by atoms with Gasteiger partial charge in [-0.2, -0.15) is 0 Å². The Morgan fingerprint density at radius 2 is 1.27 bits per heavy atom. The first-order valence-electron chi connectivity index (χ1n) is 26.5. The highest BCUT2D eigenvalue weighted by molar-refractivity contribution is 5.44. The molecule has 1 aromatic rings. The summed E-state index contributed by atoms with van der Waals surface area (Å²) in [5.41, 5.74) is 2.21. The van der Waals surface area contributed by atoms with Crippen LogP contribution in [0.2, 0.25) is 0 Å². The van der Waals surface area contributed by atoms with Crippen LogP contribution in [-0.2, 0) is 44.6 Å². The van der Waals surface area contributed by atoms with Crippen molar-refractivity contribution in [2.75, 3.05) is 13.2 Å². The minimum absolute atomic E-state index is 0.0282. The summed E-state index contributed by atoms with van der Waals surface area (Å²) in [5, 5.41) is 71.0. The molecular weight excluding hydrogens is 849 g/mol. The van der Waals surface area contributed by atoms with Crippen LogP contribution in [0.5, 0.6) is 0 Å². The molecule has 368 valence electrons. The predicted octanol–water partition coefficient (Wildman–Crippen LogP) is 5.54. The normalized spacial score (nSPS) is 58.2. The van der Waals surface area contributed by atoms with E-state index < -0.39 is 63.9 Å². The topological polar surface area (TPSA) is 184 Å². The van der Waals surface area contributed by atoms with Gasteiger partial charge in [-0.3, -0.25) is 9.97 Å². The molecule has 12 nitrogen and oxygen atoms in total. The van der Waals surface area contributed by atoms with Crippen molar-refractivity contribution in [3.05, 3.63) is 46.1 Å². The summed E-state index contributed by atoms with van der Waals surface area (Å²) in [7, 11) is 0. The summed E-state index contributed by atoms with van der Waals surface area (Å²) in [5.74, 6) is -0.753. The van der Waals surface area contributed by atoms with Gasteiger partial charge in [0.05, 0.1) is 65.5 Å². The first-order chi connectivity index (χ1) is 31.5. The van der Waals surface area contributed by atoms with Gasteiger partial charge in [0, 0.05) is 41.4 Å². The van der Waals surface area contributed by atoms with Gasteiger partial charge in [-0.25, -0.2) is 0 Å². The SMILES string of the molecule is C[C@@H]1C[C@]2(O[C@H]3C=C4[C@@H]5CC[C@H]6Cc7nc8c(nc7C[C@]6(C)[C@H]5C[C@@H](O)[C@]4(CO)[C@H]3[C@@H]2C)C[C@@H]2CC[C@H]3C4=C[C@@H]5O[C@]6(O[C@](C)(CO)C[C@H]6O)[C@@H](C)[C@]5(O)[C@@]4(C)[C@H](O)C[C@@H]3[C@@]2(C)C8)OC1(C)C. The van der Waals surface area contributed by atoms with Gasteiger partial charge in [-0.05, 0) is 137 Å². The second-order valence-corrected chi connectivity index (χ2v) is 26.7. The van der Waals surface area contributed by atoms with E-state index in [9.17, 15) is 30.6 Å². The van der Waals surface area contributed by atoms with Crippen LogP contribution in [0, 0.1) is 80.8 Å². The Kier molecular flexibility index (Phi) is 9.15. The molecule has 0 amide bonds. The molecule has 1 aromatic heterocycles. The molecule has 4 saturated carbocycles. The Labute approximate surface area is 396 Å². The minimum atomic E-state index is -1.49. The second kappa shape index (κ2) is 13.6. The first kappa shape index (κ1) is 45.1. The number of nitrogens with zero attached hydrogens (tertiary/aromatic N) is 2. The molecule has 8 aliphatic carbocycles. The van der Waals surface area contributed by atoms with Crippen molar-refractivity contribution in [3.8, 4) is 0 Å². The molecule has 4 aliphatic heterocycles. The lowest BCUT2D eigenvalue weighted by atomic mass is 9.44. The molecule has 13 rings (SSSR count). The van der Waals surface area contributed by atoms with Gasteiger partial charge in [-0.15, -0.1) is 0 Å². The molecular formula is C55H78N2O10. The van der Waals surface area contributed by atoms with Gasteiger partial charge in [0.15, 0.2) is 5.79 Å². The van der Waals surface area contributed by atoms with Gasteiger partial charge in [0.1, 0.15) is 17.8 Å². The zero-order chi connectivity index (χ0) is 47.2. The standard InChI is InChI=1S/C55H78N2O10/c1-26-20-53(66-47(26,4)5)27(2)46-41(64-53)16-36-32-13-11-30-15-38-40(22-50(30,8)34(32)18-43(61)52(36,46)25-59)57-37-14-29-10-12-31-33(49(29,7)21-39(37)56-38)17-42(60)51(9)35(31)19-45-54(51,63)28(3)55(65-45)44(62)23-48(6,24-58)67-55/h16,19,26-34,41-46,58-63H,10-15,17-18,20-25H2,1-9H3/t26-,27+,28+,29+,30+,31-,32-,33+,34+,41+,42-,43-,44-,45+,46+,48+,49+,50+,51-,52-,53+,54-,55+/m1/s1. The molecule has 5 heterocycles. The van der Waals surface area contributed by atoms with Crippen LogP contribution < -0.4 is 0 Å². The monoisotopic (exact) mass is 927 g/mol. The van der Waals surface area contributed by atoms with Crippen LogP contribution in [0.3, 0.4) is 0 Å². The van der Waals surface area contributed by atoms with Crippen molar-refractivity contribution in [2.24, 2.45) is 80.8 Å². The van der Waals surface area contributed by atoms with E-state index in [2.05, 4.69) is 53.7 Å². The van der Waals surface area contributed by atoms with E-state index >= 15 is 0 Å². The summed E-state index contributed by atoms with van der Waals surface area (Å²) >= 11 is 0. The third-order valence-electron chi connectivity index (χ3n) is 23.9. The van der Waals surface area contributed by atoms with E-state index in [4.69, 9.17) is 28.9 Å². The lowest BCUT2D eigenvalue weighted by Crippen LogP contribution is -2.65. The van der Waals surface area contributed by atoms with Crippen molar-refractivity contribution in [1.82, 2.24) is 9.97 Å². The fraction of sp³-hybridized carbons (Fsp3) is 0.855. The highest BCUT2D eigenvalue weighted by Crippen LogP contribution is 2.73. The van der Waals surface area contributed by atoms with Crippen molar-refractivity contribution in [1.29, 1.82) is 0 Å². The van der Waals surface area contributed by atoms with E-state index in [1.54, 1.807) is 6.92 Å². The molecule has 23 atom stereocenters. The lowest BCUT2D eigenvalue weighted by molar-refractivity contribution is -0.280. The van der Waals surface area contributed by atoms with E-state index in [1.807, 2.05) is 13.8 Å². The smallest absolute Gasteiger partial charge is 0.201 e. The van der Waals surface area contributed by atoms with Crippen LogP contribution in [0.15, 0.2) is 23.3 Å². The van der Waals surface area contributed by atoms with Crippen LogP contribution in [0.4, 0.5) is 0 Å². The first-order valence-corrected chi connectivity index (χ1v) is 26.5. The van der Waals surface area contributed by atoms with Crippen LogP contribution >= 0.6 is 0 Å².